The van der Waals surface area contributed by atoms with Gasteiger partial charge in [-0.05, 0) is 59.5 Å². The van der Waals surface area contributed by atoms with Gasteiger partial charge in [0, 0.05) is 10.0 Å². The number of halogens is 1. The molecule has 0 aliphatic carbocycles. The van der Waals surface area contributed by atoms with E-state index in [0.717, 1.165) is 27.6 Å². The van der Waals surface area contributed by atoms with Crippen LogP contribution >= 0.6 is 15.9 Å². The Morgan fingerprint density at radius 2 is 1.72 bits per heavy atom. The van der Waals surface area contributed by atoms with Crippen LogP contribution in [0.15, 0.2) is 96.0 Å². The van der Waals surface area contributed by atoms with Gasteiger partial charge in [0.1, 0.15) is 42.6 Å². The third kappa shape index (κ3) is 6.47. The van der Waals surface area contributed by atoms with E-state index >= 15 is 0 Å². The van der Waals surface area contributed by atoms with Gasteiger partial charge in [0.25, 0.3) is 0 Å². The van der Waals surface area contributed by atoms with Crippen molar-refractivity contribution >= 4 is 27.8 Å². The van der Waals surface area contributed by atoms with Crippen molar-refractivity contribution in [1.82, 2.24) is 14.8 Å². The highest BCUT2D eigenvalue weighted by Gasteiger charge is 2.31. The Morgan fingerprint density at radius 3 is 2.33 bits per heavy atom. The molecule has 0 aliphatic rings. The Labute approximate surface area is 218 Å². The first-order valence-corrected chi connectivity index (χ1v) is 12.1. The van der Waals surface area contributed by atoms with E-state index in [9.17, 15) is 9.90 Å². The van der Waals surface area contributed by atoms with Crippen LogP contribution in [0.2, 0.25) is 0 Å². The van der Waals surface area contributed by atoms with Crippen LogP contribution in [0.3, 0.4) is 0 Å². The summed E-state index contributed by atoms with van der Waals surface area (Å²) in [6.45, 7) is 0.178. The van der Waals surface area contributed by atoms with Crippen LogP contribution in [0, 0.1) is 0 Å². The minimum atomic E-state index is -1.33. The number of hydrogen-bond acceptors (Lipinski definition) is 6. The molecule has 4 aromatic rings. The number of aliphatic hydroxyl groups is 1. The van der Waals surface area contributed by atoms with E-state index in [-0.39, 0.29) is 13.2 Å². The molecule has 0 radical (unpaired) electrons. The van der Waals surface area contributed by atoms with Gasteiger partial charge in [-0.1, -0.05) is 58.4 Å². The molecule has 1 heterocycles. The van der Waals surface area contributed by atoms with Crippen molar-refractivity contribution < 1.29 is 19.4 Å². The standard InChI is InChI=1S/C28H26BrN3O4/c1-35-26-12-3-21(4-13-26)2-5-23(16-33)22-6-14-27(15-7-22)36-18-28(34,17-32-20-30-19-31-32)24-8-10-25(29)11-9-24/h3-16,19-20,34H,2,17-18H2,1H3/b23-5+. The van der Waals surface area contributed by atoms with Gasteiger partial charge in [0.15, 0.2) is 0 Å². The number of benzene rings is 3. The number of allylic oxidation sites excluding steroid dienone is 2. The minimum absolute atomic E-state index is 0.00167. The maximum Gasteiger partial charge on any atom is 0.150 e. The summed E-state index contributed by atoms with van der Waals surface area (Å²) >= 11 is 3.43. The second-order valence-corrected chi connectivity index (χ2v) is 9.19. The topological polar surface area (TPSA) is 86.5 Å². The van der Waals surface area contributed by atoms with Crippen LogP contribution in [0.25, 0.3) is 5.57 Å². The molecule has 0 spiro atoms. The van der Waals surface area contributed by atoms with Crippen LogP contribution in [0.1, 0.15) is 16.7 Å². The summed E-state index contributed by atoms with van der Waals surface area (Å²) in [5.41, 5.74) is 1.82. The van der Waals surface area contributed by atoms with Gasteiger partial charge >= 0.3 is 0 Å². The molecule has 0 fully saturated rings. The number of carbonyl (C=O) groups is 1. The lowest BCUT2D eigenvalue weighted by atomic mass is 9.94. The van der Waals surface area contributed by atoms with Gasteiger partial charge < -0.3 is 14.6 Å². The van der Waals surface area contributed by atoms with E-state index in [4.69, 9.17) is 9.47 Å². The van der Waals surface area contributed by atoms with Gasteiger partial charge in [-0.15, -0.1) is 0 Å². The number of carbonyl (C=O) groups excluding carboxylic acids is 1. The molecule has 0 saturated heterocycles. The van der Waals surface area contributed by atoms with E-state index in [2.05, 4.69) is 26.0 Å². The third-order valence-corrected chi connectivity index (χ3v) is 6.31. The van der Waals surface area contributed by atoms with E-state index in [1.165, 1.54) is 6.33 Å². The number of ether oxygens (including phenoxy) is 2. The molecule has 0 saturated carbocycles. The molecule has 4 rings (SSSR count). The lowest BCUT2D eigenvalue weighted by Gasteiger charge is -2.28. The summed E-state index contributed by atoms with van der Waals surface area (Å²) in [5, 5.41) is 15.6. The number of methoxy groups -OCH3 is 1. The zero-order valence-corrected chi connectivity index (χ0v) is 21.3. The highest BCUT2D eigenvalue weighted by atomic mass is 79.9. The predicted octanol–water partition coefficient (Wildman–Crippen LogP) is 4.84. The van der Waals surface area contributed by atoms with E-state index in [0.29, 0.717) is 23.3 Å². The van der Waals surface area contributed by atoms with Crippen LogP contribution in [-0.4, -0.2) is 39.9 Å². The van der Waals surface area contributed by atoms with Crippen molar-refractivity contribution in [3.63, 3.8) is 0 Å². The highest BCUT2D eigenvalue weighted by molar-refractivity contribution is 9.10. The summed E-state index contributed by atoms with van der Waals surface area (Å²) < 4.78 is 13.6. The second-order valence-electron chi connectivity index (χ2n) is 8.27. The second kappa shape index (κ2) is 11.8. The molecular formula is C28H26BrN3O4. The smallest absolute Gasteiger partial charge is 0.150 e. The van der Waals surface area contributed by atoms with Gasteiger partial charge in [-0.2, -0.15) is 5.10 Å². The fourth-order valence-corrected chi connectivity index (χ4v) is 4.00. The summed E-state index contributed by atoms with van der Waals surface area (Å²) in [6, 6.07) is 22.4. The van der Waals surface area contributed by atoms with Crippen molar-refractivity contribution in [2.24, 2.45) is 0 Å². The van der Waals surface area contributed by atoms with E-state index < -0.39 is 5.60 Å². The number of nitrogens with zero attached hydrogens (tertiary/aromatic N) is 3. The first kappa shape index (κ1) is 25.3. The van der Waals surface area contributed by atoms with Gasteiger partial charge in [-0.25, -0.2) is 9.67 Å². The molecule has 0 amide bonds. The molecule has 7 nitrogen and oxygen atoms in total. The fraction of sp³-hybridized carbons (Fsp3) is 0.179. The Hall–Kier alpha value is -3.75. The molecule has 1 aromatic heterocycles. The molecule has 0 aliphatic heterocycles. The molecular weight excluding hydrogens is 522 g/mol. The molecule has 36 heavy (non-hydrogen) atoms. The van der Waals surface area contributed by atoms with Crippen LogP contribution < -0.4 is 9.47 Å². The Morgan fingerprint density at radius 1 is 1.03 bits per heavy atom. The maximum absolute atomic E-state index is 11.7. The van der Waals surface area contributed by atoms with Crippen LogP contribution in [0.4, 0.5) is 0 Å². The Bertz CT molecular complexity index is 1290. The minimum Gasteiger partial charge on any atom is -0.497 e. The largest absolute Gasteiger partial charge is 0.497 e. The zero-order valence-electron chi connectivity index (χ0n) is 19.8. The summed E-state index contributed by atoms with van der Waals surface area (Å²) in [4.78, 5) is 15.7. The molecule has 1 unspecified atom stereocenters. The maximum atomic E-state index is 11.7. The Kier molecular flexibility index (Phi) is 8.30. The van der Waals surface area contributed by atoms with Crippen molar-refractivity contribution in [2.45, 2.75) is 18.6 Å². The number of aldehydes is 1. The van der Waals surface area contributed by atoms with Gasteiger partial charge in [0.2, 0.25) is 0 Å². The van der Waals surface area contributed by atoms with Crippen molar-refractivity contribution in [3.05, 3.63) is 113 Å². The van der Waals surface area contributed by atoms with Gasteiger partial charge in [-0.3, -0.25) is 4.79 Å². The SMILES string of the molecule is COc1ccc(C/C=C(\C=O)c2ccc(OCC(O)(Cn3cncn3)c3ccc(Br)cc3)cc2)cc1. The molecule has 3 aromatic carbocycles. The van der Waals surface area contributed by atoms with Crippen LogP contribution in [0.5, 0.6) is 11.5 Å². The molecule has 8 heteroatoms. The lowest BCUT2D eigenvalue weighted by molar-refractivity contribution is -0.103. The summed E-state index contributed by atoms with van der Waals surface area (Å²) in [7, 11) is 1.63. The predicted molar refractivity (Wildman–Crippen MR) is 141 cm³/mol. The average molecular weight is 548 g/mol. The zero-order chi connectivity index (χ0) is 25.4. The molecule has 1 N–H and O–H groups in total. The van der Waals surface area contributed by atoms with E-state index in [1.807, 2.05) is 66.7 Å². The fourth-order valence-electron chi connectivity index (χ4n) is 3.73. The lowest BCUT2D eigenvalue weighted by Crippen LogP contribution is -2.38. The van der Waals surface area contributed by atoms with Crippen molar-refractivity contribution in [1.29, 1.82) is 0 Å². The average Bonchev–Trinajstić information content (AvgIpc) is 3.42. The Balaban J connectivity index is 1.45. The third-order valence-electron chi connectivity index (χ3n) is 5.78. The normalized spacial score (nSPS) is 13.1. The molecule has 184 valence electrons. The van der Waals surface area contributed by atoms with E-state index in [1.54, 1.807) is 30.3 Å². The first-order chi connectivity index (χ1) is 17.5. The number of hydrogen-bond donors (Lipinski definition) is 1. The monoisotopic (exact) mass is 547 g/mol. The van der Waals surface area contributed by atoms with Crippen LogP contribution in [-0.2, 0) is 23.4 Å². The quantitative estimate of drug-likeness (QED) is 0.213. The van der Waals surface area contributed by atoms with Gasteiger partial charge in [0.05, 0.1) is 13.7 Å². The molecule has 0 bridgehead atoms. The number of rotatable bonds is 11. The highest BCUT2D eigenvalue weighted by Crippen LogP contribution is 2.27. The number of aromatic nitrogens is 3. The first-order valence-electron chi connectivity index (χ1n) is 11.3. The summed E-state index contributed by atoms with van der Waals surface area (Å²) in [6.07, 6.45) is 6.35. The van der Waals surface area contributed by atoms with Crippen molar-refractivity contribution in [3.8, 4) is 11.5 Å². The molecule has 1 atom stereocenters. The summed E-state index contributed by atoms with van der Waals surface area (Å²) in [5.74, 6) is 1.37. The van der Waals surface area contributed by atoms with Crippen molar-refractivity contribution in [2.75, 3.05) is 13.7 Å².